The van der Waals surface area contributed by atoms with Gasteiger partial charge in [-0.05, 0) is 37.8 Å². The Labute approximate surface area is 174 Å². The first-order valence-corrected chi connectivity index (χ1v) is 9.92. The molecule has 0 unspecified atom stereocenters. The zero-order valence-corrected chi connectivity index (χ0v) is 16.9. The third kappa shape index (κ3) is 3.99. The van der Waals surface area contributed by atoms with Gasteiger partial charge in [-0.1, -0.05) is 31.9 Å². The highest BCUT2D eigenvalue weighted by Gasteiger charge is 2.55. The van der Waals surface area contributed by atoms with Crippen LogP contribution in [0, 0.1) is 17.2 Å². The van der Waals surface area contributed by atoms with Crippen LogP contribution in [0.25, 0.3) is 0 Å². The molecule has 1 saturated heterocycles. The molecule has 3 atom stereocenters. The van der Waals surface area contributed by atoms with Crippen LogP contribution in [0.2, 0.25) is 0 Å². The van der Waals surface area contributed by atoms with Crippen molar-refractivity contribution in [1.29, 1.82) is 5.26 Å². The first-order valence-electron chi connectivity index (χ1n) is 9.92. The minimum Gasteiger partial charge on any atom is -0.451 e. The summed E-state index contributed by atoms with van der Waals surface area (Å²) in [7, 11) is 0. The van der Waals surface area contributed by atoms with Gasteiger partial charge in [-0.15, -0.1) is 0 Å². The number of carbonyl (C=O) groups excluding carboxylic acids is 4. The van der Waals surface area contributed by atoms with Crippen LogP contribution in [0.1, 0.15) is 45.1 Å². The second-order valence-corrected chi connectivity index (χ2v) is 7.72. The molecule has 1 heterocycles. The summed E-state index contributed by atoms with van der Waals surface area (Å²) in [6, 6.07) is 7.77. The van der Waals surface area contributed by atoms with Gasteiger partial charge in [0.1, 0.15) is 18.2 Å². The Morgan fingerprint density at radius 1 is 1.37 bits per heavy atom. The molecule has 0 aromatic heterocycles. The lowest BCUT2D eigenvalue weighted by atomic mass is 9.73. The summed E-state index contributed by atoms with van der Waals surface area (Å²) in [5.41, 5.74) is -0.384. The minimum absolute atomic E-state index is 0.0198. The normalized spacial score (nSPS) is 24.2. The molecule has 2 fully saturated rings. The van der Waals surface area contributed by atoms with Crippen molar-refractivity contribution < 1.29 is 23.9 Å². The first-order chi connectivity index (χ1) is 14.3. The van der Waals surface area contributed by atoms with Crippen LogP contribution in [0.15, 0.2) is 24.3 Å². The number of rotatable bonds is 5. The number of amides is 4. The zero-order chi connectivity index (χ0) is 21.9. The van der Waals surface area contributed by atoms with Crippen molar-refractivity contribution in [1.82, 2.24) is 10.2 Å². The maximum Gasteiger partial charge on any atom is 0.327 e. The summed E-state index contributed by atoms with van der Waals surface area (Å²) in [6.45, 7) is 2.73. The van der Waals surface area contributed by atoms with Gasteiger partial charge in [0, 0.05) is 0 Å². The molecular weight excluding hydrogens is 388 g/mol. The molecular formula is C21H24N4O5. The molecule has 9 heteroatoms. The van der Waals surface area contributed by atoms with Gasteiger partial charge in [-0.25, -0.2) is 4.79 Å². The first kappa shape index (κ1) is 21.3. The van der Waals surface area contributed by atoms with E-state index >= 15 is 0 Å². The van der Waals surface area contributed by atoms with Crippen LogP contribution in [-0.4, -0.2) is 46.9 Å². The van der Waals surface area contributed by atoms with E-state index in [9.17, 15) is 19.2 Å². The Morgan fingerprint density at radius 2 is 2.10 bits per heavy atom. The minimum atomic E-state index is -1.17. The highest BCUT2D eigenvalue weighted by Crippen LogP contribution is 2.38. The van der Waals surface area contributed by atoms with Crippen molar-refractivity contribution in [2.75, 3.05) is 11.9 Å². The summed E-state index contributed by atoms with van der Waals surface area (Å²) in [6.07, 6.45) is 2.02. The number of urea groups is 1. The number of benzene rings is 1. The molecule has 3 rings (SSSR count). The van der Waals surface area contributed by atoms with Gasteiger partial charge in [0.2, 0.25) is 0 Å². The molecule has 1 aliphatic heterocycles. The van der Waals surface area contributed by atoms with Gasteiger partial charge in [0.15, 0.2) is 6.10 Å². The summed E-state index contributed by atoms with van der Waals surface area (Å²) < 4.78 is 5.11. The number of hydrogen-bond acceptors (Lipinski definition) is 6. The van der Waals surface area contributed by atoms with Crippen molar-refractivity contribution in [3.8, 4) is 6.07 Å². The summed E-state index contributed by atoms with van der Waals surface area (Å²) in [5, 5.41) is 14.4. The molecule has 30 heavy (non-hydrogen) atoms. The van der Waals surface area contributed by atoms with Crippen LogP contribution in [0.3, 0.4) is 0 Å². The number of nitriles is 1. The van der Waals surface area contributed by atoms with E-state index in [4.69, 9.17) is 10.00 Å². The Hall–Kier alpha value is -3.41. The Kier molecular flexibility index (Phi) is 6.06. The highest BCUT2D eigenvalue weighted by atomic mass is 16.5. The molecule has 4 amide bonds. The van der Waals surface area contributed by atoms with Gasteiger partial charge >= 0.3 is 12.0 Å². The predicted molar refractivity (Wildman–Crippen MR) is 106 cm³/mol. The Bertz CT molecular complexity index is 924. The average Bonchev–Trinajstić information content (AvgIpc) is 2.95. The fraction of sp³-hybridized carbons (Fsp3) is 0.476. The lowest BCUT2D eigenvalue weighted by Gasteiger charge is -2.36. The number of imide groups is 1. The van der Waals surface area contributed by atoms with E-state index in [0.29, 0.717) is 12.1 Å². The number of esters is 1. The van der Waals surface area contributed by atoms with Gasteiger partial charge < -0.3 is 15.4 Å². The Balaban J connectivity index is 1.60. The number of para-hydroxylation sites is 1. The number of nitrogens with one attached hydrogen (secondary N) is 2. The van der Waals surface area contributed by atoms with Crippen molar-refractivity contribution in [3.05, 3.63) is 29.8 Å². The lowest BCUT2D eigenvalue weighted by Crippen LogP contribution is -2.54. The third-order valence-electron chi connectivity index (χ3n) is 5.77. The smallest absolute Gasteiger partial charge is 0.327 e. The van der Waals surface area contributed by atoms with Gasteiger partial charge in [0.25, 0.3) is 11.8 Å². The summed E-state index contributed by atoms with van der Waals surface area (Å²) in [5.74, 6) is -1.93. The molecule has 1 spiro atoms. The highest BCUT2D eigenvalue weighted by molar-refractivity contribution is 6.09. The molecule has 2 N–H and O–H groups in total. The van der Waals surface area contributed by atoms with E-state index in [0.717, 1.165) is 24.2 Å². The van der Waals surface area contributed by atoms with Crippen molar-refractivity contribution in [2.24, 2.45) is 5.92 Å². The van der Waals surface area contributed by atoms with E-state index in [2.05, 4.69) is 10.6 Å². The van der Waals surface area contributed by atoms with E-state index in [1.807, 2.05) is 13.0 Å². The van der Waals surface area contributed by atoms with Crippen LogP contribution < -0.4 is 10.6 Å². The molecule has 9 nitrogen and oxygen atoms in total. The monoisotopic (exact) mass is 412 g/mol. The SMILES string of the molecule is C[C@H](OC(=O)CN1C(=O)N[C@@]2(CCCC[C@@H]2C)C1=O)C(=O)Nc1ccccc1C#N. The predicted octanol–water partition coefficient (Wildman–Crippen LogP) is 1.93. The fourth-order valence-corrected chi connectivity index (χ4v) is 3.98. The maximum absolute atomic E-state index is 12.9. The molecule has 0 bridgehead atoms. The van der Waals surface area contributed by atoms with Crippen LogP contribution in [0.4, 0.5) is 10.5 Å². The van der Waals surface area contributed by atoms with Gasteiger partial charge in [-0.3, -0.25) is 19.3 Å². The molecule has 0 radical (unpaired) electrons. The Morgan fingerprint density at radius 3 is 2.80 bits per heavy atom. The lowest BCUT2D eigenvalue weighted by molar-refractivity contribution is -0.155. The van der Waals surface area contributed by atoms with Gasteiger partial charge in [-0.2, -0.15) is 5.26 Å². The molecule has 1 aromatic carbocycles. The largest absolute Gasteiger partial charge is 0.451 e. The number of ether oxygens (including phenoxy) is 1. The number of hydrogen-bond donors (Lipinski definition) is 2. The number of carbonyl (C=O) groups is 4. The van der Waals surface area contributed by atoms with E-state index < -0.39 is 42.0 Å². The molecule has 2 aliphatic rings. The van der Waals surface area contributed by atoms with E-state index in [-0.39, 0.29) is 11.5 Å². The fourth-order valence-electron chi connectivity index (χ4n) is 3.98. The average molecular weight is 412 g/mol. The van der Waals surface area contributed by atoms with E-state index in [1.165, 1.54) is 6.92 Å². The van der Waals surface area contributed by atoms with Crippen molar-refractivity contribution in [3.63, 3.8) is 0 Å². The van der Waals surface area contributed by atoms with E-state index in [1.54, 1.807) is 24.3 Å². The van der Waals surface area contributed by atoms with Gasteiger partial charge in [0.05, 0.1) is 11.3 Å². The second kappa shape index (κ2) is 8.53. The number of nitrogens with zero attached hydrogens (tertiary/aromatic N) is 2. The topological polar surface area (TPSA) is 129 Å². The van der Waals surface area contributed by atoms with Crippen LogP contribution >= 0.6 is 0 Å². The number of anilines is 1. The maximum atomic E-state index is 12.9. The standard InChI is InChI=1S/C21H24N4O5/c1-13-7-5-6-10-21(13)19(28)25(20(29)24-21)12-17(26)30-14(2)18(27)23-16-9-4-3-8-15(16)11-22/h3-4,8-9,13-14H,5-7,10,12H2,1-2H3,(H,23,27)(H,24,29)/t13-,14-,21+/m0/s1. The molecule has 158 valence electrons. The quantitative estimate of drug-likeness (QED) is 0.562. The summed E-state index contributed by atoms with van der Waals surface area (Å²) >= 11 is 0. The second-order valence-electron chi connectivity index (χ2n) is 7.72. The summed E-state index contributed by atoms with van der Waals surface area (Å²) in [4.78, 5) is 50.7. The zero-order valence-electron chi connectivity index (χ0n) is 16.9. The van der Waals surface area contributed by atoms with Crippen LogP contribution in [-0.2, 0) is 19.1 Å². The van der Waals surface area contributed by atoms with Crippen LogP contribution in [0.5, 0.6) is 0 Å². The van der Waals surface area contributed by atoms with Crippen molar-refractivity contribution in [2.45, 2.75) is 51.2 Å². The molecule has 1 aliphatic carbocycles. The third-order valence-corrected chi connectivity index (χ3v) is 5.77. The molecule has 1 aromatic rings. The van der Waals surface area contributed by atoms with Crippen molar-refractivity contribution >= 4 is 29.5 Å². The molecule has 1 saturated carbocycles.